The first-order valence-corrected chi connectivity index (χ1v) is 7.11. The normalized spacial score (nSPS) is 16.7. The Morgan fingerprint density at radius 1 is 1.40 bits per heavy atom. The minimum Gasteiger partial charge on any atom is -0.345 e. The molecule has 1 aliphatic carbocycles. The maximum Gasteiger partial charge on any atom is 0.0483 e. The molecular weight excluding hydrogens is 244 g/mol. The first kappa shape index (κ1) is 14.6. The van der Waals surface area contributed by atoms with Crippen molar-refractivity contribution in [2.45, 2.75) is 39.0 Å². The second-order valence-corrected chi connectivity index (χ2v) is 5.95. The first-order valence-electron chi connectivity index (χ1n) is 7.11. The lowest BCUT2D eigenvalue weighted by molar-refractivity contribution is 0.749. The highest BCUT2D eigenvalue weighted by Gasteiger charge is 2.40. The Hall–Kier alpha value is -1.83. The Bertz CT molecular complexity index is 577. The van der Waals surface area contributed by atoms with Gasteiger partial charge < -0.3 is 4.90 Å². The lowest BCUT2D eigenvalue weighted by Gasteiger charge is -2.25. The molecule has 0 spiro atoms. The quantitative estimate of drug-likeness (QED) is 0.725. The predicted octanol–water partition coefficient (Wildman–Crippen LogP) is 4.61. The van der Waals surface area contributed by atoms with Crippen molar-refractivity contribution in [3.63, 3.8) is 0 Å². The van der Waals surface area contributed by atoms with Crippen LogP contribution in [0.2, 0.25) is 0 Å². The van der Waals surface area contributed by atoms with Crippen LogP contribution in [-0.2, 0) is 5.41 Å². The van der Waals surface area contributed by atoms with E-state index in [0.29, 0.717) is 0 Å². The Labute approximate surface area is 122 Å². The summed E-state index contributed by atoms with van der Waals surface area (Å²) in [5.41, 5.74) is 5.71. The van der Waals surface area contributed by atoms with Crippen molar-refractivity contribution in [1.82, 2.24) is 4.98 Å². The third-order valence-electron chi connectivity index (χ3n) is 4.21. The van der Waals surface area contributed by atoms with Gasteiger partial charge in [0.1, 0.15) is 0 Å². The van der Waals surface area contributed by atoms with E-state index >= 15 is 0 Å². The van der Waals surface area contributed by atoms with Crippen molar-refractivity contribution in [3.05, 3.63) is 60.1 Å². The molecule has 0 amide bonds. The summed E-state index contributed by atoms with van der Waals surface area (Å²) in [7, 11) is 2.04. The van der Waals surface area contributed by atoms with Crippen LogP contribution >= 0.6 is 0 Å². The number of hydrogen-bond acceptors (Lipinski definition) is 2. The molecule has 1 fully saturated rings. The molecule has 2 rings (SSSR count). The molecule has 0 unspecified atom stereocenters. The number of allylic oxidation sites excluding steroid dienone is 2. The zero-order valence-corrected chi connectivity index (χ0v) is 13.0. The number of aromatic nitrogens is 1. The SMILES string of the molecule is C=C(C)/C(=C/C)C(=C)N(C)c1ccnc(C2(C)CC2)c1. The van der Waals surface area contributed by atoms with Crippen LogP contribution in [0.25, 0.3) is 0 Å². The fourth-order valence-electron chi connectivity index (χ4n) is 2.40. The molecule has 0 radical (unpaired) electrons. The average Bonchev–Trinajstić information content (AvgIpc) is 3.17. The highest BCUT2D eigenvalue weighted by molar-refractivity contribution is 5.59. The summed E-state index contributed by atoms with van der Waals surface area (Å²) in [5.74, 6) is 0. The van der Waals surface area contributed by atoms with Gasteiger partial charge in [0, 0.05) is 35.7 Å². The Kier molecular flexibility index (Phi) is 3.85. The number of nitrogens with zero attached hydrogens (tertiary/aromatic N) is 2. The summed E-state index contributed by atoms with van der Waals surface area (Å²) in [6.07, 6.45) is 6.43. The summed E-state index contributed by atoms with van der Waals surface area (Å²) in [6, 6.07) is 4.22. The number of rotatable bonds is 5. The predicted molar refractivity (Wildman–Crippen MR) is 86.9 cm³/mol. The van der Waals surface area contributed by atoms with Gasteiger partial charge in [0.2, 0.25) is 0 Å². The molecule has 1 aromatic heterocycles. The monoisotopic (exact) mass is 268 g/mol. The van der Waals surface area contributed by atoms with E-state index in [0.717, 1.165) is 22.5 Å². The minimum absolute atomic E-state index is 0.288. The summed E-state index contributed by atoms with van der Waals surface area (Å²) in [4.78, 5) is 6.64. The van der Waals surface area contributed by atoms with Crippen LogP contribution < -0.4 is 4.90 Å². The van der Waals surface area contributed by atoms with Crippen molar-refractivity contribution in [2.24, 2.45) is 0 Å². The largest absolute Gasteiger partial charge is 0.345 e. The molecule has 20 heavy (non-hydrogen) atoms. The van der Waals surface area contributed by atoms with Gasteiger partial charge in [-0.2, -0.15) is 0 Å². The van der Waals surface area contributed by atoms with E-state index in [9.17, 15) is 0 Å². The van der Waals surface area contributed by atoms with E-state index in [2.05, 4.69) is 42.1 Å². The standard InChI is InChI=1S/C18H24N2/c1-7-16(13(2)3)14(4)20(6)15-8-11-19-17(12-15)18(5)9-10-18/h7-8,11-12H,2,4,9-10H2,1,3,5-6H3/b16-7-. The van der Waals surface area contributed by atoms with Gasteiger partial charge in [-0.25, -0.2) is 0 Å². The number of hydrogen-bond donors (Lipinski definition) is 0. The molecule has 2 heteroatoms. The van der Waals surface area contributed by atoms with E-state index < -0.39 is 0 Å². The summed E-state index contributed by atoms with van der Waals surface area (Å²) >= 11 is 0. The molecule has 106 valence electrons. The van der Waals surface area contributed by atoms with Crippen LogP contribution in [0.3, 0.4) is 0 Å². The number of pyridine rings is 1. The van der Waals surface area contributed by atoms with Crippen molar-refractivity contribution in [3.8, 4) is 0 Å². The van der Waals surface area contributed by atoms with Crippen LogP contribution in [0, 0.1) is 0 Å². The highest BCUT2D eigenvalue weighted by atomic mass is 15.1. The van der Waals surface area contributed by atoms with E-state index in [-0.39, 0.29) is 5.41 Å². The minimum atomic E-state index is 0.288. The van der Waals surface area contributed by atoms with Gasteiger partial charge in [-0.15, -0.1) is 0 Å². The second-order valence-electron chi connectivity index (χ2n) is 5.95. The van der Waals surface area contributed by atoms with Gasteiger partial charge in [0.05, 0.1) is 0 Å². The van der Waals surface area contributed by atoms with Crippen molar-refractivity contribution < 1.29 is 0 Å². The molecule has 1 aromatic rings. The lowest BCUT2D eigenvalue weighted by atomic mass is 10.0. The molecule has 1 aliphatic rings. The average molecular weight is 268 g/mol. The van der Waals surface area contributed by atoms with E-state index in [1.165, 1.54) is 18.5 Å². The number of anilines is 1. The topological polar surface area (TPSA) is 16.1 Å². The van der Waals surface area contributed by atoms with Crippen LogP contribution in [-0.4, -0.2) is 12.0 Å². The molecule has 1 heterocycles. The van der Waals surface area contributed by atoms with Crippen molar-refractivity contribution >= 4 is 5.69 Å². The maximum atomic E-state index is 4.53. The number of likely N-dealkylation sites (N-methyl/N-ethyl adjacent to an activating group) is 1. The molecular formula is C18H24N2. The fourth-order valence-corrected chi connectivity index (χ4v) is 2.40. The Morgan fingerprint density at radius 3 is 2.55 bits per heavy atom. The maximum absolute atomic E-state index is 4.53. The molecule has 0 N–H and O–H groups in total. The zero-order valence-electron chi connectivity index (χ0n) is 13.0. The molecule has 0 aromatic carbocycles. The van der Waals surface area contributed by atoms with Gasteiger partial charge in [-0.3, -0.25) is 4.98 Å². The smallest absolute Gasteiger partial charge is 0.0483 e. The van der Waals surface area contributed by atoms with Gasteiger partial charge in [0.15, 0.2) is 0 Å². The van der Waals surface area contributed by atoms with Gasteiger partial charge in [0.25, 0.3) is 0 Å². The fraction of sp³-hybridized carbons (Fsp3) is 0.389. The van der Waals surface area contributed by atoms with E-state index in [4.69, 9.17) is 0 Å². The molecule has 0 saturated heterocycles. The van der Waals surface area contributed by atoms with Crippen molar-refractivity contribution in [2.75, 3.05) is 11.9 Å². The zero-order chi connectivity index (χ0) is 14.9. The Balaban J connectivity index is 2.27. The summed E-state index contributed by atoms with van der Waals surface area (Å²) in [6.45, 7) is 14.5. The van der Waals surface area contributed by atoms with E-state index in [1.54, 1.807) is 0 Å². The second kappa shape index (κ2) is 5.28. The van der Waals surface area contributed by atoms with Crippen molar-refractivity contribution in [1.29, 1.82) is 0 Å². The third-order valence-corrected chi connectivity index (χ3v) is 4.21. The lowest BCUT2D eigenvalue weighted by Crippen LogP contribution is -2.18. The summed E-state index contributed by atoms with van der Waals surface area (Å²) < 4.78 is 0. The van der Waals surface area contributed by atoms with Crippen LogP contribution in [0.1, 0.15) is 39.3 Å². The third kappa shape index (κ3) is 2.69. The molecule has 0 atom stereocenters. The highest BCUT2D eigenvalue weighted by Crippen LogP contribution is 2.47. The molecule has 0 aliphatic heterocycles. The van der Waals surface area contributed by atoms with Gasteiger partial charge >= 0.3 is 0 Å². The van der Waals surface area contributed by atoms with E-state index in [1.807, 2.05) is 33.2 Å². The molecule has 1 saturated carbocycles. The van der Waals surface area contributed by atoms with Crippen LogP contribution in [0.4, 0.5) is 5.69 Å². The van der Waals surface area contributed by atoms with Crippen LogP contribution in [0.5, 0.6) is 0 Å². The Morgan fingerprint density at radius 2 is 2.05 bits per heavy atom. The first-order chi connectivity index (χ1) is 9.39. The van der Waals surface area contributed by atoms with Gasteiger partial charge in [-0.1, -0.05) is 26.2 Å². The van der Waals surface area contributed by atoms with Gasteiger partial charge in [-0.05, 0) is 50.0 Å². The molecule has 0 bridgehead atoms. The molecule has 2 nitrogen and oxygen atoms in total. The van der Waals surface area contributed by atoms with Crippen LogP contribution in [0.15, 0.2) is 54.4 Å². The summed E-state index contributed by atoms with van der Waals surface area (Å²) in [5, 5.41) is 0.